The number of benzene rings is 3. The molecule has 0 unspecified atom stereocenters. The Hall–Kier alpha value is -3.56. The lowest BCUT2D eigenvalue weighted by molar-refractivity contribution is -0.137. The molecule has 0 spiro atoms. The summed E-state index contributed by atoms with van der Waals surface area (Å²) in [5.41, 5.74) is 1.52. The van der Waals surface area contributed by atoms with Crippen molar-refractivity contribution in [1.82, 2.24) is 15.2 Å². The van der Waals surface area contributed by atoms with E-state index in [1.807, 2.05) is 35.2 Å². The standard InChI is InChI=1S/C28H25F4N3OS/c29-24-12-5-4-10-22(24)17-35(16-21-9-6-11-23(15-21)28(30,31)32)18-26-34-25(19-37-26)27(36)33-14-13-20-7-2-1-3-8-20/h1-12,15,19H,13-14,16-18H2,(H,33,36). The fraction of sp³-hybridized carbons (Fsp3) is 0.214. The molecule has 9 heteroatoms. The fourth-order valence-electron chi connectivity index (χ4n) is 3.87. The molecule has 3 aromatic carbocycles. The van der Waals surface area contributed by atoms with Crippen molar-refractivity contribution in [1.29, 1.82) is 0 Å². The normalized spacial score (nSPS) is 11.6. The molecule has 1 N–H and O–H groups in total. The van der Waals surface area contributed by atoms with Crippen molar-refractivity contribution < 1.29 is 22.4 Å². The van der Waals surface area contributed by atoms with Crippen LogP contribution in [0.3, 0.4) is 0 Å². The zero-order valence-electron chi connectivity index (χ0n) is 19.8. The second-order valence-corrected chi connectivity index (χ2v) is 9.50. The predicted molar refractivity (Wildman–Crippen MR) is 135 cm³/mol. The molecule has 0 aliphatic rings. The van der Waals surface area contributed by atoms with Gasteiger partial charge in [-0.15, -0.1) is 11.3 Å². The van der Waals surface area contributed by atoms with Crippen LogP contribution in [0.15, 0.2) is 84.2 Å². The van der Waals surface area contributed by atoms with Gasteiger partial charge in [-0.3, -0.25) is 9.69 Å². The van der Waals surface area contributed by atoms with E-state index in [1.54, 1.807) is 29.6 Å². The number of hydrogen-bond donors (Lipinski definition) is 1. The molecule has 0 radical (unpaired) electrons. The third-order valence-electron chi connectivity index (χ3n) is 5.70. The van der Waals surface area contributed by atoms with Gasteiger partial charge in [0.05, 0.1) is 12.1 Å². The number of rotatable bonds is 10. The molecule has 0 saturated carbocycles. The number of carbonyl (C=O) groups is 1. The number of nitrogens with zero attached hydrogens (tertiary/aromatic N) is 2. The van der Waals surface area contributed by atoms with Crippen molar-refractivity contribution in [3.8, 4) is 0 Å². The second-order valence-electron chi connectivity index (χ2n) is 8.55. The highest BCUT2D eigenvalue weighted by atomic mass is 32.1. The molecule has 1 heterocycles. The Bertz CT molecular complexity index is 1320. The van der Waals surface area contributed by atoms with Crippen LogP contribution in [0.1, 0.15) is 37.7 Å². The van der Waals surface area contributed by atoms with E-state index in [4.69, 9.17) is 0 Å². The summed E-state index contributed by atoms with van der Waals surface area (Å²) in [4.78, 5) is 18.8. The summed E-state index contributed by atoms with van der Waals surface area (Å²) in [7, 11) is 0. The summed E-state index contributed by atoms with van der Waals surface area (Å²) < 4.78 is 54.0. The highest BCUT2D eigenvalue weighted by Crippen LogP contribution is 2.30. The first-order valence-corrected chi connectivity index (χ1v) is 12.5. The smallest absolute Gasteiger partial charge is 0.350 e. The van der Waals surface area contributed by atoms with E-state index < -0.39 is 17.6 Å². The molecule has 4 aromatic rings. The average molecular weight is 528 g/mol. The van der Waals surface area contributed by atoms with Crippen LogP contribution in [0.2, 0.25) is 0 Å². The van der Waals surface area contributed by atoms with E-state index in [1.165, 1.54) is 23.5 Å². The maximum absolute atomic E-state index is 14.4. The Labute approximate surface area is 216 Å². The van der Waals surface area contributed by atoms with E-state index in [2.05, 4.69) is 10.3 Å². The SMILES string of the molecule is O=C(NCCc1ccccc1)c1csc(CN(Cc2cccc(C(F)(F)F)c2)Cc2ccccc2F)n1. The molecule has 4 rings (SSSR count). The van der Waals surface area contributed by atoms with Gasteiger partial charge < -0.3 is 5.32 Å². The van der Waals surface area contributed by atoms with E-state index in [0.29, 0.717) is 29.1 Å². The molecule has 0 bridgehead atoms. The Morgan fingerprint density at radius 2 is 1.62 bits per heavy atom. The van der Waals surface area contributed by atoms with Gasteiger partial charge in [0, 0.05) is 30.6 Å². The van der Waals surface area contributed by atoms with E-state index >= 15 is 0 Å². The quantitative estimate of drug-likeness (QED) is 0.240. The first-order chi connectivity index (χ1) is 17.8. The van der Waals surface area contributed by atoms with Gasteiger partial charge in [-0.25, -0.2) is 9.37 Å². The van der Waals surface area contributed by atoms with Crippen LogP contribution in [-0.2, 0) is 32.2 Å². The third kappa shape index (κ3) is 7.71. The minimum absolute atomic E-state index is 0.149. The molecule has 37 heavy (non-hydrogen) atoms. The van der Waals surface area contributed by atoms with Gasteiger partial charge in [-0.05, 0) is 29.7 Å². The number of nitrogens with one attached hydrogen (secondary N) is 1. The summed E-state index contributed by atoms with van der Waals surface area (Å²) in [5, 5.41) is 5.12. The topological polar surface area (TPSA) is 45.2 Å². The fourth-order valence-corrected chi connectivity index (χ4v) is 4.69. The van der Waals surface area contributed by atoms with Gasteiger partial charge in [0.1, 0.15) is 16.5 Å². The largest absolute Gasteiger partial charge is 0.416 e. The monoisotopic (exact) mass is 527 g/mol. The summed E-state index contributed by atoms with van der Waals surface area (Å²) in [6, 6.07) is 21.2. The summed E-state index contributed by atoms with van der Waals surface area (Å²) in [6.45, 7) is 1.02. The first kappa shape index (κ1) is 26.5. The maximum Gasteiger partial charge on any atom is 0.416 e. The molecule has 1 amide bonds. The van der Waals surface area contributed by atoms with Gasteiger partial charge in [0.2, 0.25) is 0 Å². The predicted octanol–water partition coefficient (Wildman–Crippen LogP) is 6.48. The second kappa shape index (κ2) is 12.1. The number of hydrogen-bond acceptors (Lipinski definition) is 4. The van der Waals surface area contributed by atoms with Crippen LogP contribution in [0.5, 0.6) is 0 Å². The number of thiazole rings is 1. The van der Waals surface area contributed by atoms with Crippen molar-refractivity contribution in [3.63, 3.8) is 0 Å². The maximum atomic E-state index is 14.4. The minimum Gasteiger partial charge on any atom is -0.350 e. The van der Waals surface area contributed by atoms with Gasteiger partial charge in [0.25, 0.3) is 5.91 Å². The number of carbonyl (C=O) groups excluding carboxylic acids is 1. The van der Waals surface area contributed by atoms with Gasteiger partial charge >= 0.3 is 6.18 Å². The lowest BCUT2D eigenvalue weighted by Crippen LogP contribution is -2.26. The lowest BCUT2D eigenvalue weighted by atomic mass is 10.1. The van der Waals surface area contributed by atoms with Crippen LogP contribution in [-0.4, -0.2) is 22.3 Å². The highest BCUT2D eigenvalue weighted by molar-refractivity contribution is 7.09. The first-order valence-electron chi connectivity index (χ1n) is 11.7. The van der Waals surface area contributed by atoms with Gasteiger partial charge in [-0.2, -0.15) is 13.2 Å². The van der Waals surface area contributed by atoms with Crippen molar-refractivity contribution in [3.05, 3.63) is 123 Å². The van der Waals surface area contributed by atoms with E-state index in [-0.39, 0.29) is 31.2 Å². The molecular weight excluding hydrogens is 502 g/mol. The molecule has 0 aliphatic heterocycles. The average Bonchev–Trinajstić information content (AvgIpc) is 3.34. The molecule has 0 atom stereocenters. The van der Waals surface area contributed by atoms with Crippen LogP contribution < -0.4 is 5.32 Å². The molecule has 0 aliphatic carbocycles. The number of amides is 1. The number of halogens is 4. The molecular formula is C28H25F4N3OS. The van der Waals surface area contributed by atoms with Gasteiger partial charge in [-0.1, -0.05) is 66.7 Å². The van der Waals surface area contributed by atoms with Crippen molar-refractivity contribution >= 4 is 17.2 Å². The van der Waals surface area contributed by atoms with Crippen LogP contribution in [0.25, 0.3) is 0 Å². The van der Waals surface area contributed by atoms with Crippen LogP contribution >= 0.6 is 11.3 Å². The molecule has 0 saturated heterocycles. The molecule has 192 valence electrons. The summed E-state index contributed by atoms with van der Waals surface area (Å²) >= 11 is 1.28. The van der Waals surface area contributed by atoms with Crippen molar-refractivity contribution in [2.75, 3.05) is 6.54 Å². The minimum atomic E-state index is -4.45. The third-order valence-corrected chi connectivity index (χ3v) is 6.53. The Morgan fingerprint density at radius 1 is 0.892 bits per heavy atom. The van der Waals surface area contributed by atoms with Gasteiger partial charge in [0.15, 0.2) is 0 Å². The van der Waals surface area contributed by atoms with Crippen molar-refractivity contribution in [2.24, 2.45) is 0 Å². The molecule has 1 aromatic heterocycles. The zero-order chi connectivity index (χ0) is 26.3. The molecule has 0 fully saturated rings. The van der Waals surface area contributed by atoms with Crippen LogP contribution in [0, 0.1) is 5.82 Å². The Kier molecular flexibility index (Phi) is 8.68. The van der Waals surface area contributed by atoms with Crippen molar-refractivity contribution in [2.45, 2.75) is 32.2 Å². The number of aromatic nitrogens is 1. The van der Waals surface area contributed by atoms with Crippen LogP contribution in [0.4, 0.5) is 17.6 Å². The number of alkyl halides is 3. The van der Waals surface area contributed by atoms with E-state index in [0.717, 1.165) is 17.7 Å². The Morgan fingerprint density at radius 3 is 2.38 bits per heavy atom. The summed E-state index contributed by atoms with van der Waals surface area (Å²) in [6.07, 6.45) is -3.76. The Balaban J connectivity index is 1.45. The summed E-state index contributed by atoms with van der Waals surface area (Å²) in [5.74, 6) is -0.689. The lowest BCUT2D eigenvalue weighted by Gasteiger charge is -2.22. The zero-order valence-corrected chi connectivity index (χ0v) is 20.7. The highest BCUT2D eigenvalue weighted by Gasteiger charge is 2.30. The van der Waals surface area contributed by atoms with E-state index in [9.17, 15) is 22.4 Å². The molecule has 4 nitrogen and oxygen atoms in total.